The molecule has 0 atom stereocenters. The molecule has 0 unspecified atom stereocenters. The molecule has 1 aliphatic carbocycles. The summed E-state index contributed by atoms with van der Waals surface area (Å²) < 4.78 is 41.6. The topological polar surface area (TPSA) is 95.6 Å². The Morgan fingerprint density at radius 1 is 1.30 bits per heavy atom. The molecule has 0 bridgehead atoms. The molecule has 0 aliphatic heterocycles. The van der Waals surface area contributed by atoms with E-state index < -0.39 is 24.7 Å². The first kappa shape index (κ1) is 20.8. The molecule has 0 saturated carbocycles. The smallest absolute Gasteiger partial charge is 0.405 e. The maximum atomic E-state index is 12.2. The van der Waals surface area contributed by atoms with E-state index in [1.165, 1.54) is 0 Å². The average Bonchev–Trinajstić information content (AvgIpc) is 2.85. The number of esters is 1. The van der Waals surface area contributed by atoms with Crippen LogP contribution in [0.3, 0.4) is 0 Å². The van der Waals surface area contributed by atoms with Gasteiger partial charge >= 0.3 is 18.2 Å². The van der Waals surface area contributed by atoms with E-state index in [9.17, 15) is 22.8 Å². The van der Waals surface area contributed by atoms with Gasteiger partial charge in [0.25, 0.3) is 0 Å². The molecule has 27 heavy (non-hydrogen) atoms. The van der Waals surface area contributed by atoms with Crippen LogP contribution in [0.15, 0.2) is 5.10 Å². The fourth-order valence-electron chi connectivity index (χ4n) is 3.11. The number of nitrogens with zero attached hydrogens (tertiary/aromatic N) is 1. The van der Waals surface area contributed by atoms with Crippen molar-refractivity contribution in [3.63, 3.8) is 0 Å². The molecule has 7 nitrogen and oxygen atoms in total. The lowest BCUT2D eigenvalue weighted by Crippen LogP contribution is -2.39. The number of nitrogens with one attached hydrogen (secondary N) is 3. The van der Waals surface area contributed by atoms with Gasteiger partial charge in [0, 0.05) is 11.3 Å². The van der Waals surface area contributed by atoms with Crippen molar-refractivity contribution in [1.82, 2.24) is 15.7 Å². The largest absolute Gasteiger partial charge is 0.461 e. The Balaban J connectivity index is 2.28. The number of carbonyl (C=O) groups excluding carboxylic acids is 2. The van der Waals surface area contributed by atoms with Gasteiger partial charge in [0.2, 0.25) is 0 Å². The number of carbonyl (C=O) groups is 2. The van der Waals surface area contributed by atoms with E-state index >= 15 is 0 Å². The van der Waals surface area contributed by atoms with E-state index in [1.807, 2.05) is 13.8 Å². The molecule has 2 amide bonds. The second-order valence-electron chi connectivity index (χ2n) is 7.18. The molecule has 0 saturated heterocycles. The van der Waals surface area contributed by atoms with Crippen molar-refractivity contribution < 1.29 is 27.5 Å². The van der Waals surface area contributed by atoms with Crippen molar-refractivity contribution in [2.24, 2.45) is 10.5 Å². The monoisotopic (exact) mass is 388 g/mol. The van der Waals surface area contributed by atoms with Crippen molar-refractivity contribution in [1.29, 1.82) is 0 Å². The molecule has 0 spiro atoms. The minimum absolute atomic E-state index is 0.209. The van der Waals surface area contributed by atoms with E-state index in [2.05, 4.69) is 15.5 Å². The molecule has 1 aromatic heterocycles. The molecule has 0 radical (unpaired) electrons. The van der Waals surface area contributed by atoms with Gasteiger partial charge in [-0.2, -0.15) is 18.3 Å². The summed E-state index contributed by atoms with van der Waals surface area (Å²) in [7, 11) is 0. The first-order valence-corrected chi connectivity index (χ1v) is 8.49. The van der Waals surface area contributed by atoms with Crippen LogP contribution in [0.4, 0.5) is 18.0 Å². The third-order valence-corrected chi connectivity index (χ3v) is 4.14. The van der Waals surface area contributed by atoms with Crippen LogP contribution in [-0.4, -0.2) is 42.0 Å². The predicted octanol–water partition coefficient (Wildman–Crippen LogP) is 3.04. The molecule has 150 valence electrons. The summed E-state index contributed by atoms with van der Waals surface area (Å²) in [6, 6.07) is -1.05. The number of ether oxygens (including phenoxy) is 1. The van der Waals surface area contributed by atoms with Crippen molar-refractivity contribution >= 4 is 17.7 Å². The van der Waals surface area contributed by atoms with Gasteiger partial charge in [-0.1, -0.05) is 13.8 Å². The average molecular weight is 388 g/mol. The SMILES string of the molecule is CCOC(=O)c1[nH]c2c(c1C)/C(=N/NC(=O)NCC(F)(F)F)CC(C)(C)C2. The number of aromatic amines is 1. The van der Waals surface area contributed by atoms with Gasteiger partial charge < -0.3 is 15.0 Å². The van der Waals surface area contributed by atoms with E-state index in [4.69, 9.17) is 4.74 Å². The van der Waals surface area contributed by atoms with Crippen LogP contribution < -0.4 is 10.7 Å². The third kappa shape index (κ3) is 5.24. The van der Waals surface area contributed by atoms with E-state index in [0.29, 0.717) is 35.4 Å². The molecule has 0 aromatic carbocycles. The lowest BCUT2D eigenvalue weighted by molar-refractivity contribution is -0.122. The number of hydrogen-bond acceptors (Lipinski definition) is 4. The minimum Gasteiger partial charge on any atom is -0.461 e. The van der Waals surface area contributed by atoms with E-state index in [-0.39, 0.29) is 12.0 Å². The summed E-state index contributed by atoms with van der Waals surface area (Å²) in [5.74, 6) is -0.488. The van der Waals surface area contributed by atoms with Gasteiger partial charge in [0.15, 0.2) is 0 Å². The Morgan fingerprint density at radius 3 is 2.56 bits per heavy atom. The van der Waals surface area contributed by atoms with Gasteiger partial charge in [-0.3, -0.25) is 0 Å². The highest BCUT2D eigenvalue weighted by molar-refractivity contribution is 6.07. The van der Waals surface area contributed by atoms with Crippen molar-refractivity contribution in [2.45, 2.75) is 46.7 Å². The highest BCUT2D eigenvalue weighted by atomic mass is 19.4. The van der Waals surface area contributed by atoms with Crippen LogP contribution in [0.25, 0.3) is 0 Å². The van der Waals surface area contributed by atoms with Crippen LogP contribution in [0.2, 0.25) is 0 Å². The normalized spacial score (nSPS) is 17.4. The number of urea groups is 1. The zero-order valence-corrected chi connectivity index (χ0v) is 15.6. The Kier molecular flexibility index (Phi) is 5.86. The molecule has 2 rings (SSSR count). The minimum atomic E-state index is -4.50. The fraction of sp³-hybridized carbons (Fsp3) is 0.588. The third-order valence-electron chi connectivity index (χ3n) is 4.14. The van der Waals surface area contributed by atoms with Gasteiger partial charge in [-0.05, 0) is 37.7 Å². The number of halogens is 3. The summed E-state index contributed by atoms with van der Waals surface area (Å²) in [4.78, 5) is 26.8. The van der Waals surface area contributed by atoms with E-state index in [1.54, 1.807) is 19.2 Å². The second kappa shape index (κ2) is 7.61. The number of aromatic nitrogens is 1. The highest BCUT2D eigenvalue weighted by Gasteiger charge is 2.35. The Bertz CT molecular complexity index is 766. The number of hydrogen-bond donors (Lipinski definition) is 3. The standard InChI is InChI=1S/C17H23F3N4O3/c1-5-27-14(25)13-9(2)12-10(22-13)6-16(3,4)7-11(12)23-24-15(26)21-8-17(18,19)20/h22H,5-8H2,1-4H3,(H2,21,24,26)/b23-11+. The Hall–Kier alpha value is -2.52. The second-order valence-corrected chi connectivity index (χ2v) is 7.18. The summed E-state index contributed by atoms with van der Waals surface area (Å²) in [5, 5.41) is 5.71. The Morgan fingerprint density at radius 2 is 1.96 bits per heavy atom. The molecule has 0 fully saturated rings. The lowest BCUT2D eigenvalue weighted by atomic mass is 9.75. The molecule has 10 heteroatoms. The summed E-state index contributed by atoms with van der Waals surface area (Å²) in [5.41, 5.74) is 4.80. The molecule has 1 aromatic rings. The number of amides is 2. The number of alkyl halides is 3. The summed E-state index contributed by atoms with van der Waals surface area (Å²) in [6.45, 7) is 6.21. The maximum Gasteiger partial charge on any atom is 0.405 e. The van der Waals surface area contributed by atoms with Crippen molar-refractivity contribution in [2.75, 3.05) is 13.2 Å². The summed E-state index contributed by atoms with van der Waals surface area (Å²) >= 11 is 0. The van der Waals surface area contributed by atoms with E-state index in [0.717, 1.165) is 5.69 Å². The van der Waals surface area contributed by atoms with Crippen LogP contribution in [0, 0.1) is 12.3 Å². The first-order chi connectivity index (χ1) is 12.4. The van der Waals surface area contributed by atoms with Crippen molar-refractivity contribution in [3.8, 4) is 0 Å². The summed E-state index contributed by atoms with van der Waals surface area (Å²) in [6.07, 6.45) is -3.36. The van der Waals surface area contributed by atoms with Gasteiger partial charge in [0.1, 0.15) is 12.2 Å². The number of rotatable bonds is 4. The van der Waals surface area contributed by atoms with Crippen LogP contribution in [0.5, 0.6) is 0 Å². The van der Waals surface area contributed by atoms with Gasteiger partial charge in [-0.25, -0.2) is 15.0 Å². The van der Waals surface area contributed by atoms with Crippen molar-refractivity contribution in [3.05, 3.63) is 22.5 Å². The zero-order valence-electron chi connectivity index (χ0n) is 15.6. The molecular weight excluding hydrogens is 365 g/mol. The number of H-pyrrole nitrogens is 1. The highest BCUT2D eigenvalue weighted by Crippen LogP contribution is 2.37. The predicted molar refractivity (Wildman–Crippen MR) is 92.7 cm³/mol. The van der Waals surface area contributed by atoms with Crippen LogP contribution >= 0.6 is 0 Å². The molecular formula is C17H23F3N4O3. The fourth-order valence-corrected chi connectivity index (χ4v) is 3.11. The van der Waals surface area contributed by atoms with Gasteiger partial charge in [0.05, 0.1) is 12.3 Å². The van der Waals surface area contributed by atoms with Gasteiger partial charge in [-0.15, -0.1) is 0 Å². The lowest BCUT2D eigenvalue weighted by Gasteiger charge is -2.30. The quantitative estimate of drug-likeness (QED) is 0.546. The number of fused-ring (bicyclic) bond motifs is 1. The van der Waals surface area contributed by atoms with Crippen LogP contribution in [0.1, 0.15) is 54.5 Å². The zero-order chi connectivity index (χ0) is 20.4. The molecule has 1 aliphatic rings. The molecule has 3 N–H and O–H groups in total. The van der Waals surface area contributed by atoms with Crippen LogP contribution in [-0.2, 0) is 11.2 Å². The Labute approximate surface area is 154 Å². The molecule has 1 heterocycles. The number of hydrazone groups is 1. The first-order valence-electron chi connectivity index (χ1n) is 8.49. The maximum absolute atomic E-state index is 12.2.